The molecule has 0 radical (unpaired) electrons. The molecular formula is C5H5N5O5Zn. The smallest absolute Gasteiger partial charge is 0.321 e. The third-order valence-corrected chi connectivity index (χ3v) is 1.61. The van der Waals surface area contributed by atoms with E-state index in [1.807, 2.05) is 0 Å². The number of nitrogens with zero attached hydrogens (tertiary/aromatic N) is 3. The quantitative estimate of drug-likeness (QED) is 0.289. The van der Waals surface area contributed by atoms with Crippen LogP contribution in [0, 0.1) is 25.6 Å². The summed E-state index contributed by atoms with van der Waals surface area (Å²) in [6, 6.07) is 0.518. The fourth-order valence-corrected chi connectivity index (χ4v) is 0.895. The van der Waals surface area contributed by atoms with Crippen LogP contribution >= 0.6 is 0 Å². The first-order chi connectivity index (χ1) is 6.86. The molecule has 0 aliphatic carbocycles. The zero-order valence-electron chi connectivity index (χ0n) is 7.78. The Labute approximate surface area is 99.8 Å². The molecule has 0 fully saturated rings. The second-order valence-electron chi connectivity index (χ2n) is 2.47. The molecule has 82 valence electrons. The molecule has 1 aromatic rings. The van der Waals surface area contributed by atoms with Crippen molar-refractivity contribution in [2.24, 2.45) is 0 Å². The number of rotatable bonds is 2. The van der Waals surface area contributed by atoms with Gasteiger partial charge in [-0.3, -0.25) is 25.6 Å². The van der Waals surface area contributed by atoms with Gasteiger partial charge in [-0.25, -0.2) is 0 Å². The minimum atomic E-state index is -1.03. The van der Waals surface area contributed by atoms with Gasteiger partial charge in [0.25, 0.3) is 0 Å². The van der Waals surface area contributed by atoms with Gasteiger partial charge < -0.3 is 10.9 Å². The van der Waals surface area contributed by atoms with E-state index in [1.54, 1.807) is 0 Å². The Kier molecular flexibility index (Phi) is 4.07. The molecule has 1 rings (SSSR count). The molecule has 0 aliphatic heterocycles. The molecule has 16 heavy (non-hydrogen) atoms. The van der Waals surface area contributed by atoms with Crippen molar-refractivity contribution in [2.75, 3.05) is 5.73 Å². The molecular weight excluding hydrogens is 275 g/mol. The average molecular weight is 281 g/mol. The molecule has 4 N–H and O–H groups in total. The Morgan fingerprint density at radius 2 is 1.75 bits per heavy atom. The summed E-state index contributed by atoms with van der Waals surface area (Å²) in [6.07, 6.45) is 0. The topological polar surface area (TPSA) is 161 Å². The van der Waals surface area contributed by atoms with Gasteiger partial charge in [0, 0.05) is 19.5 Å². The van der Waals surface area contributed by atoms with Crippen molar-refractivity contribution in [3.63, 3.8) is 0 Å². The second kappa shape index (κ2) is 4.66. The maximum Gasteiger partial charge on any atom is 0.321 e. The second-order valence-corrected chi connectivity index (χ2v) is 2.47. The minimum absolute atomic E-state index is 0. The number of nitrogen functional groups attached to an aromatic ring is 1. The van der Waals surface area contributed by atoms with Gasteiger partial charge in [-0.15, -0.1) is 4.73 Å². The van der Waals surface area contributed by atoms with E-state index in [9.17, 15) is 20.2 Å². The fraction of sp³-hybridized carbons (Fsp3) is 0. The SMILES string of the molecule is N=c1c([N+](=O)[O-])cc([N+](=O)[O-])c(N)n1O.[Zn]. The predicted molar refractivity (Wildman–Crippen MR) is 45.2 cm³/mol. The summed E-state index contributed by atoms with van der Waals surface area (Å²) in [5.74, 6) is -0.740. The van der Waals surface area contributed by atoms with Crippen molar-refractivity contribution in [2.45, 2.75) is 0 Å². The van der Waals surface area contributed by atoms with E-state index in [4.69, 9.17) is 16.4 Å². The van der Waals surface area contributed by atoms with Crippen LogP contribution in [0.4, 0.5) is 17.2 Å². The van der Waals surface area contributed by atoms with Gasteiger partial charge in [0.05, 0.1) is 9.85 Å². The number of anilines is 1. The van der Waals surface area contributed by atoms with Gasteiger partial charge >= 0.3 is 11.4 Å². The first kappa shape index (κ1) is 14.0. The molecule has 0 saturated carbocycles. The Hall–Kier alpha value is -2.03. The van der Waals surface area contributed by atoms with E-state index in [-0.39, 0.29) is 24.2 Å². The Morgan fingerprint density at radius 3 is 2.12 bits per heavy atom. The summed E-state index contributed by atoms with van der Waals surface area (Å²) in [6.45, 7) is 0. The molecule has 0 bridgehead atoms. The third-order valence-electron chi connectivity index (χ3n) is 1.61. The standard InChI is InChI=1S/C5H5N5O5.Zn/c6-4-2(9(12)13)1-3(10(14)15)5(7)8(4)11;/h1,6,11H,7H2;. The van der Waals surface area contributed by atoms with E-state index in [0.717, 1.165) is 0 Å². The van der Waals surface area contributed by atoms with Crippen LogP contribution in [0.1, 0.15) is 0 Å². The molecule has 1 heterocycles. The summed E-state index contributed by atoms with van der Waals surface area (Å²) in [5.41, 5.74) is 2.42. The number of hydrogen-bond acceptors (Lipinski definition) is 7. The van der Waals surface area contributed by atoms with Crippen molar-refractivity contribution in [1.82, 2.24) is 4.73 Å². The van der Waals surface area contributed by atoms with Crippen molar-refractivity contribution >= 4 is 17.2 Å². The fourth-order valence-electron chi connectivity index (χ4n) is 0.895. The number of aromatic nitrogens is 1. The van der Waals surface area contributed by atoms with Crippen molar-refractivity contribution in [3.8, 4) is 0 Å². The largest absolute Gasteiger partial charge is 0.424 e. The van der Waals surface area contributed by atoms with Crippen molar-refractivity contribution in [3.05, 3.63) is 31.8 Å². The maximum atomic E-state index is 10.4. The van der Waals surface area contributed by atoms with Gasteiger partial charge in [0.2, 0.25) is 11.3 Å². The molecule has 0 unspecified atom stereocenters. The summed E-state index contributed by atoms with van der Waals surface area (Å²) in [5, 5.41) is 36.9. The molecule has 1 aromatic heterocycles. The molecule has 10 nitrogen and oxygen atoms in total. The molecule has 0 aliphatic rings. The summed E-state index contributed by atoms with van der Waals surface area (Å²) < 4.78 is -0.115. The number of pyridine rings is 1. The van der Waals surface area contributed by atoms with Gasteiger partial charge in [-0.2, -0.15) is 0 Å². The van der Waals surface area contributed by atoms with Crippen molar-refractivity contribution in [1.29, 1.82) is 5.41 Å². The number of hydrogen-bond donors (Lipinski definition) is 3. The van der Waals surface area contributed by atoms with Crippen LogP contribution < -0.4 is 11.2 Å². The zero-order chi connectivity index (χ0) is 11.7. The van der Waals surface area contributed by atoms with Crippen LogP contribution in [-0.2, 0) is 19.5 Å². The first-order valence-corrected chi connectivity index (χ1v) is 3.44. The first-order valence-electron chi connectivity index (χ1n) is 3.44. The summed E-state index contributed by atoms with van der Waals surface area (Å²) in [4.78, 5) is 18.7. The molecule has 0 atom stereocenters. The third kappa shape index (κ3) is 2.14. The Morgan fingerprint density at radius 1 is 1.31 bits per heavy atom. The molecule has 0 spiro atoms. The zero-order valence-corrected chi connectivity index (χ0v) is 10.8. The molecule has 0 saturated heterocycles. The van der Waals surface area contributed by atoms with Crippen LogP contribution in [0.15, 0.2) is 6.07 Å². The molecule has 11 heteroatoms. The van der Waals surface area contributed by atoms with Crippen molar-refractivity contribution < 1.29 is 34.5 Å². The van der Waals surface area contributed by atoms with Crippen LogP contribution in [0.3, 0.4) is 0 Å². The average Bonchev–Trinajstić information content (AvgIpc) is 2.13. The predicted octanol–water partition coefficient (Wildman–Crippen LogP) is -0.399. The number of nitro groups is 2. The Balaban J connectivity index is 0.00000225. The van der Waals surface area contributed by atoms with E-state index in [0.29, 0.717) is 6.07 Å². The van der Waals surface area contributed by atoms with E-state index < -0.39 is 32.5 Å². The van der Waals surface area contributed by atoms with E-state index in [1.165, 1.54) is 0 Å². The van der Waals surface area contributed by atoms with E-state index in [2.05, 4.69) is 0 Å². The van der Waals surface area contributed by atoms with Crippen LogP contribution in [0.2, 0.25) is 0 Å². The normalized spacial score (nSPS) is 9.25. The molecule has 0 aromatic carbocycles. The van der Waals surface area contributed by atoms with E-state index >= 15 is 0 Å². The van der Waals surface area contributed by atoms with Crippen LogP contribution in [0.5, 0.6) is 0 Å². The van der Waals surface area contributed by atoms with Gasteiger partial charge in [-0.1, -0.05) is 0 Å². The molecule has 0 amide bonds. The van der Waals surface area contributed by atoms with Crippen LogP contribution in [0.25, 0.3) is 0 Å². The van der Waals surface area contributed by atoms with Gasteiger partial charge in [0.1, 0.15) is 6.07 Å². The maximum absolute atomic E-state index is 10.4. The van der Waals surface area contributed by atoms with Gasteiger partial charge in [-0.05, 0) is 0 Å². The monoisotopic (exact) mass is 279 g/mol. The summed E-state index contributed by atoms with van der Waals surface area (Å²) in [7, 11) is 0. The number of nitrogens with one attached hydrogen (secondary N) is 1. The Bertz CT molecular complexity index is 511. The van der Waals surface area contributed by atoms with Gasteiger partial charge in [0.15, 0.2) is 0 Å². The minimum Gasteiger partial charge on any atom is -0.424 e. The number of nitrogens with two attached hydrogens (primary N) is 1. The van der Waals surface area contributed by atoms with Crippen LogP contribution in [-0.4, -0.2) is 19.8 Å². The summed E-state index contributed by atoms with van der Waals surface area (Å²) >= 11 is 0.